The van der Waals surface area contributed by atoms with E-state index < -0.39 is 36.3 Å². The molecule has 3 aromatic heterocycles. The third kappa shape index (κ3) is 5.41. The molecule has 5 aromatic rings. The van der Waals surface area contributed by atoms with Gasteiger partial charge in [0.15, 0.2) is 17.8 Å². The van der Waals surface area contributed by atoms with Gasteiger partial charge in [0, 0.05) is 25.2 Å². The van der Waals surface area contributed by atoms with E-state index in [9.17, 15) is 24.4 Å². The molecule has 0 radical (unpaired) electrons. The normalized spacial score (nSPS) is 10.8. The summed E-state index contributed by atoms with van der Waals surface area (Å²) in [6.45, 7) is -1.14. The Balaban J connectivity index is 1.37. The molecule has 14 nitrogen and oxygen atoms in total. The first kappa shape index (κ1) is 29.4. The average molecular weight is 599 g/mol. The minimum absolute atomic E-state index is 0.0300. The molecule has 0 unspecified atom stereocenters. The number of furan rings is 1. The topological polar surface area (TPSA) is 173 Å². The fourth-order valence-corrected chi connectivity index (χ4v) is 4.61. The van der Waals surface area contributed by atoms with Gasteiger partial charge < -0.3 is 23.2 Å². The number of aryl methyl sites for hydroxylation is 1. The minimum atomic E-state index is -0.840. The summed E-state index contributed by atoms with van der Waals surface area (Å²) in [5.41, 5.74) is 0.701. The van der Waals surface area contributed by atoms with Crippen LogP contribution in [-0.4, -0.2) is 51.4 Å². The molecule has 0 saturated carbocycles. The van der Waals surface area contributed by atoms with E-state index in [0.717, 1.165) is 4.57 Å². The Bertz CT molecular complexity index is 2040. The molecule has 224 valence electrons. The summed E-state index contributed by atoms with van der Waals surface area (Å²) < 4.78 is 24.9. The highest BCUT2D eigenvalue weighted by Crippen LogP contribution is 2.42. The van der Waals surface area contributed by atoms with Crippen molar-refractivity contribution in [2.24, 2.45) is 14.1 Å². The quantitative estimate of drug-likeness (QED) is 0.248. The van der Waals surface area contributed by atoms with E-state index in [0.29, 0.717) is 33.9 Å². The number of fused-ring (bicyclic) bond motifs is 1. The van der Waals surface area contributed by atoms with Crippen molar-refractivity contribution in [3.63, 3.8) is 0 Å². The van der Waals surface area contributed by atoms with Gasteiger partial charge in [0.1, 0.15) is 35.4 Å². The Labute approximate surface area is 249 Å². The maximum Gasteiger partial charge on any atom is 0.332 e. The van der Waals surface area contributed by atoms with E-state index in [1.165, 1.54) is 29.6 Å². The number of carbonyl (C=O) groups excluding carboxylic acids is 2. The summed E-state index contributed by atoms with van der Waals surface area (Å²) in [4.78, 5) is 54.2. The number of ether oxygens (including phenoxy) is 3. The molecule has 2 aromatic carbocycles. The molecule has 0 bridgehead atoms. The lowest BCUT2D eigenvalue weighted by Gasteiger charge is -2.07. The number of nitrogens with one attached hydrogen (secondary N) is 1. The zero-order valence-corrected chi connectivity index (χ0v) is 24.1. The van der Waals surface area contributed by atoms with Crippen LogP contribution in [-0.2, 0) is 35.0 Å². The monoisotopic (exact) mass is 598 g/mol. The van der Waals surface area contributed by atoms with Crippen molar-refractivity contribution in [1.82, 2.24) is 18.7 Å². The molecule has 0 aliphatic carbocycles. The summed E-state index contributed by atoms with van der Waals surface area (Å²) in [5, 5.41) is 12.6. The zero-order valence-electron chi connectivity index (χ0n) is 24.1. The van der Waals surface area contributed by atoms with Crippen molar-refractivity contribution < 1.29 is 28.2 Å². The molecule has 3 heterocycles. The molecule has 14 heteroatoms. The van der Waals surface area contributed by atoms with E-state index in [2.05, 4.69) is 16.4 Å². The van der Waals surface area contributed by atoms with Crippen molar-refractivity contribution in [1.29, 1.82) is 5.26 Å². The van der Waals surface area contributed by atoms with Gasteiger partial charge in [-0.15, -0.1) is 0 Å². The highest BCUT2D eigenvalue weighted by molar-refractivity contribution is 5.97. The number of nitrogens with zero attached hydrogens (tertiary/aromatic N) is 5. The Morgan fingerprint density at radius 2 is 1.57 bits per heavy atom. The molecule has 1 N–H and O–H groups in total. The van der Waals surface area contributed by atoms with E-state index in [4.69, 9.17) is 18.6 Å². The van der Waals surface area contributed by atoms with Gasteiger partial charge in [-0.05, 0) is 42.0 Å². The molecule has 0 aliphatic rings. The first-order valence-electron chi connectivity index (χ1n) is 13.1. The number of carbonyl (C=O) groups is 2. The van der Waals surface area contributed by atoms with Gasteiger partial charge in [-0.2, -0.15) is 5.26 Å². The SMILES string of the molecule is COc1ccc(-c2oc(NC(=O)COC(=O)Cn3cnc4c3c(=O)n(C)c(=O)n4C)c(C#N)c2-c2ccc(OC)cc2)cc1. The number of amides is 1. The predicted octanol–water partition coefficient (Wildman–Crippen LogP) is 2.43. The Morgan fingerprint density at radius 1 is 0.955 bits per heavy atom. The van der Waals surface area contributed by atoms with Crippen LogP contribution in [0.1, 0.15) is 5.56 Å². The van der Waals surface area contributed by atoms with E-state index in [1.807, 2.05) is 0 Å². The van der Waals surface area contributed by atoms with Gasteiger partial charge >= 0.3 is 11.7 Å². The molecule has 0 fully saturated rings. The van der Waals surface area contributed by atoms with Gasteiger partial charge in [0.05, 0.1) is 20.5 Å². The van der Waals surface area contributed by atoms with Crippen LogP contribution in [0.25, 0.3) is 33.6 Å². The molecule has 5 rings (SSSR count). The smallest absolute Gasteiger partial charge is 0.332 e. The number of benzene rings is 2. The van der Waals surface area contributed by atoms with Gasteiger partial charge in [0.2, 0.25) is 5.88 Å². The van der Waals surface area contributed by atoms with Crippen LogP contribution in [0.3, 0.4) is 0 Å². The number of nitriles is 1. The largest absolute Gasteiger partial charge is 0.497 e. The van der Waals surface area contributed by atoms with Crippen LogP contribution in [0.5, 0.6) is 11.5 Å². The molecular weight excluding hydrogens is 572 g/mol. The molecule has 0 atom stereocenters. The van der Waals surface area contributed by atoms with Crippen molar-refractivity contribution in [2.75, 3.05) is 26.1 Å². The van der Waals surface area contributed by atoms with Gasteiger partial charge in [-0.3, -0.25) is 28.8 Å². The first-order valence-corrected chi connectivity index (χ1v) is 13.1. The highest BCUT2D eigenvalue weighted by atomic mass is 16.5. The van der Waals surface area contributed by atoms with Crippen molar-refractivity contribution >= 4 is 28.9 Å². The minimum Gasteiger partial charge on any atom is -0.497 e. The van der Waals surface area contributed by atoms with Crippen molar-refractivity contribution in [2.45, 2.75) is 6.54 Å². The van der Waals surface area contributed by atoms with Crippen LogP contribution in [0.2, 0.25) is 0 Å². The second kappa shape index (κ2) is 12.0. The number of aromatic nitrogens is 4. The molecule has 0 aliphatic heterocycles. The fourth-order valence-electron chi connectivity index (χ4n) is 4.61. The second-order valence-corrected chi connectivity index (χ2v) is 9.54. The average Bonchev–Trinajstić information content (AvgIpc) is 3.63. The number of anilines is 1. The summed E-state index contributed by atoms with van der Waals surface area (Å²) in [7, 11) is 5.85. The summed E-state index contributed by atoms with van der Waals surface area (Å²) >= 11 is 0. The third-order valence-corrected chi connectivity index (χ3v) is 6.88. The summed E-state index contributed by atoms with van der Waals surface area (Å²) in [6, 6.07) is 16.1. The molecular formula is C30H26N6O8. The highest BCUT2D eigenvalue weighted by Gasteiger charge is 2.25. The lowest BCUT2D eigenvalue weighted by Crippen LogP contribution is -2.37. The maximum atomic E-state index is 12.8. The van der Waals surface area contributed by atoms with Crippen LogP contribution in [0.4, 0.5) is 5.88 Å². The molecule has 0 spiro atoms. The predicted molar refractivity (Wildman–Crippen MR) is 157 cm³/mol. The maximum absolute atomic E-state index is 12.8. The number of imidazole rings is 1. The number of hydrogen-bond acceptors (Lipinski definition) is 10. The molecule has 1 amide bonds. The van der Waals surface area contributed by atoms with Crippen LogP contribution in [0, 0.1) is 11.3 Å². The zero-order chi connectivity index (χ0) is 31.5. The van der Waals surface area contributed by atoms with Crippen LogP contribution < -0.4 is 26.0 Å². The Hall–Kier alpha value is -6.10. The van der Waals surface area contributed by atoms with Crippen LogP contribution in [0.15, 0.2) is 68.9 Å². The fraction of sp³-hybridized carbons (Fsp3) is 0.200. The van der Waals surface area contributed by atoms with E-state index >= 15 is 0 Å². The van der Waals surface area contributed by atoms with Crippen molar-refractivity contribution in [3.05, 3.63) is 81.3 Å². The van der Waals surface area contributed by atoms with Gasteiger partial charge in [0.25, 0.3) is 11.5 Å². The number of rotatable bonds is 9. The Kier molecular flexibility index (Phi) is 8.03. The van der Waals surface area contributed by atoms with E-state index in [-0.39, 0.29) is 22.6 Å². The number of esters is 1. The van der Waals surface area contributed by atoms with Crippen LogP contribution >= 0.6 is 0 Å². The number of hydrogen-bond donors (Lipinski definition) is 1. The standard InChI is InChI=1S/C30H26N6O8/c1-34-27-25(29(39)35(2)30(34)40)36(16-32-27)14-23(38)43-15-22(37)33-28-21(13-31)24(17-5-9-19(41-3)10-6-17)26(44-28)18-7-11-20(42-4)12-8-18/h5-12,16H,14-15H2,1-4H3,(H,33,37). The lowest BCUT2D eigenvalue weighted by molar-refractivity contribution is -0.147. The lowest BCUT2D eigenvalue weighted by atomic mass is 9.98. The van der Waals surface area contributed by atoms with Crippen molar-refractivity contribution in [3.8, 4) is 40.0 Å². The molecule has 0 saturated heterocycles. The van der Waals surface area contributed by atoms with Gasteiger partial charge in [-0.25, -0.2) is 9.78 Å². The second-order valence-electron chi connectivity index (χ2n) is 9.54. The summed E-state index contributed by atoms with van der Waals surface area (Å²) in [6.07, 6.45) is 1.23. The number of methoxy groups -OCH3 is 2. The van der Waals surface area contributed by atoms with E-state index in [1.54, 1.807) is 62.8 Å². The third-order valence-electron chi connectivity index (χ3n) is 6.88. The first-order chi connectivity index (χ1) is 21.2. The Morgan fingerprint density at radius 3 is 2.16 bits per heavy atom. The molecule has 44 heavy (non-hydrogen) atoms. The summed E-state index contributed by atoms with van der Waals surface area (Å²) in [5.74, 6) is -0.173. The van der Waals surface area contributed by atoms with Gasteiger partial charge in [-0.1, -0.05) is 12.1 Å².